The Morgan fingerprint density at radius 3 is 2.78 bits per heavy atom. The van der Waals surface area contributed by atoms with Gasteiger partial charge < -0.3 is 9.64 Å². The van der Waals surface area contributed by atoms with E-state index in [-0.39, 0.29) is 17.3 Å². The van der Waals surface area contributed by atoms with Crippen molar-refractivity contribution >= 4 is 5.91 Å². The minimum absolute atomic E-state index is 0.156. The Hall–Kier alpha value is -2.21. The first-order valence-corrected chi connectivity index (χ1v) is 7.61. The average Bonchev–Trinajstić information content (AvgIpc) is 2.88. The van der Waals surface area contributed by atoms with Gasteiger partial charge in [0.2, 0.25) is 0 Å². The van der Waals surface area contributed by atoms with Crippen molar-refractivity contribution in [3.8, 4) is 5.69 Å². The molecule has 5 nitrogen and oxygen atoms in total. The molecule has 1 saturated heterocycles. The van der Waals surface area contributed by atoms with Crippen LogP contribution in [0.3, 0.4) is 0 Å². The largest absolute Gasteiger partial charge is 0.377 e. The molecule has 0 spiro atoms. The van der Waals surface area contributed by atoms with Gasteiger partial charge in [-0.25, -0.2) is 9.07 Å². The molecule has 0 bridgehead atoms. The Kier molecular flexibility index (Phi) is 3.93. The van der Waals surface area contributed by atoms with Crippen LogP contribution in [0.15, 0.2) is 30.3 Å². The Balaban J connectivity index is 1.95. The highest BCUT2D eigenvalue weighted by Crippen LogP contribution is 2.23. The van der Waals surface area contributed by atoms with Gasteiger partial charge in [0.25, 0.3) is 5.91 Å². The number of benzene rings is 1. The van der Waals surface area contributed by atoms with Crippen LogP contribution in [-0.4, -0.2) is 45.9 Å². The first-order valence-electron chi connectivity index (χ1n) is 7.61. The van der Waals surface area contributed by atoms with E-state index in [1.165, 1.54) is 10.7 Å². The van der Waals surface area contributed by atoms with Crippen LogP contribution < -0.4 is 0 Å². The molecule has 2 heterocycles. The molecule has 1 aromatic carbocycles. The van der Waals surface area contributed by atoms with Gasteiger partial charge in [-0.05, 0) is 39.0 Å². The van der Waals surface area contributed by atoms with E-state index in [1.807, 2.05) is 13.8 Å². The quantitative estimate of drug-likeness (QED) is 0.855. The molecule has 1 amide bonds. The van der Waals surface area contributed by atoms with Crippen LogP contribution in [0.4, 0.5) is 4.39 Å². The van der Waals surface area contributed by atoms with Gasteiger partial charge in [0, 0.05) is 12.2 Å². The standard InChI is InChI=1S/C17H20FN3O2/c1-12-10-14(16(22)20-8-9-23-11-17(20,2)3)19-21(12)15-7-5-4-6-13(15)18/h4-7,10H,8-9,11H2,1-3H3. The topological polar surface area (TPSA) is 47.4 Å². The number of carbonyl (C=O) groups excluding carboxylic acids is 1. The van der Waals surface area contributed by atoms with Crippen LogP contribution in [0.25, 0.3) is 5.69 Å². The third-order valence-corrected chi connectivity index (χ3v) is 4.08. The van der Waals surface area contributed by atoms with Crippen molar-refractivity contribution in [2.24, 2.45) is 0 Å². The molecule has 0 atom stereocenters. The first-order chi connectivity index (χ1) is 10.9. The second-order valence-corrected chi connectivity index (χ2v) is 6.36. The fourth-order valence-corrected chi connectivity index (χ4v) is 2.82. The Morgan fingerprint density at radius 2 is 2.09 bits per heavy atom. The zero-order chi connectivity index (χ0) is 16.6. The summed E-state index contributed by atoms with van der Waals surface area (Å²) in [6, 6.07) is 8.08. The molecule has 1 fully saturated rings. The number of rotatable bonds is 2. The molecule has 0 radical (unpaired) electrons. The Bertz CT molecular complexity index is 739. The minimum Gasteiger partial charge on any atom is -0.377 e. The van der Waals surface area contributed by atoms with Gasteiger partial charge in [0.1, 0.15) is 11.5 Å². The van der Waals surface area contributed by atoms with Crippen molar-refractivity contribution in [2.45, 2.75) is 26.3 Å². The van der Waals surface area contributed by atoms with Crippen LogP contribution in [0.2, 0.25) is 0 Å². The maximum absolute atomic E-state index is 14.0. The summed E-state index contributed by atoms with van der Waals surface area (Å²) < 4.78 is 20.9. The summed E-state index contributed by atoms with van der Waals surface area (Å²) in [5.74, 6) is -0.527. The minimum atomic E-state index is -0.384. The number of ether oxygens (including phenoxy) is 1. The number of aryl methyl sites for hydroxylation is 1. The zero-order valence-corrected chi connectivity index (χ0v) is 13.5. The predicted molar refractivity (Wildman–Crippen MR) is 84.2 cm³/mol. The van der Waals surface area contributed by atoms with Crippen LogP contribution in [0.1, 0.15) is 30.0 Å². The van der Waals surface area contributed by atoms with E-state index < -0.39 is 0 Å². The summed E-state index contributed by atoms with van der Waals surface area (Å²) in [7, 11) is 0. The number of hydrogen-bond donors (Lipinski definition) is 0. The molecule has 23 heavy (non-hydrogen) atoms. The Labute approximate surface area is 134 Å². The maximum atomic E-state index is 14.0. The summed E-state index contributed by atoms with van der Waals surface area (Å²) in [6.07, 6.45) is 0. The molecule has 0 N–H and O–H groups in total. The van der Waals surface area contributed by atoms with Crippen LogP contribution >= 0.6 is 0 Å². The molecule has 1 aromatic heterocycles. The van der Waals surface area contributed by atoms with Gasteiger partial charge in [-0.15, -0.1) is 0 Å². The number of carbonyl (C=O) groups is 1. The number of amides is 1. The molecule has 0 aliphatic carbocycles. The van der Waals surface area contributed by atoms with E-state index in [4.69, 9.17) is 4.74 Å². The SMILES string of the molecule is Cc1cc(C(=O)N2CCOCC2(C)C)nn1-c1ccccc1F. The Morgan fingerprint density at radius 1 is 1.35 bits per heavy atom. The second kappa shape index (κ2) is 5.77. The third kappa shape index (κ3) is 2.86. The molecule has 122 valence electrons. The predicted octanol–water partition coefficient (Wildman–Crippen LogP) is 2.57. The third-order valence-electron chi connectivity index (χ3n) is 4.08. The highest BCUT2D eigenvalue weighted by Gasteiger charge is 2.35. The molecule has 6 heteroatoms. The van der Waals surface area contributed by atoms with Crippen molar-refractivity contribution < 1.29 is 13.9 Å². The summed E-state index contributed by atoms with van der Waals surface area (Å²) >= 11 is 0. The van der Waals surface area contributed by atoms with Gasteiger partial charge in [-0.2, -0.15) is 5.10 Å². The summed E-state index contributed by atoms with van der Waals surface area (Å²) in [5.41, 5.74) is 0.987. The number of para-hydroxylation sites is 1. The lowest BCUT2D eigenvalue weighted by Gasteiger charge is -2.41. The zero-order valence-electron chi connectivity index (χ0n) is 13.5. The highest BCUT2D eigenvalue weighted by molar-refractivity contribution is 5.93. The summed E-state index contributed by atoms with van der Waals surface area (Å²) in [4.78, 5) is 14.6. The number of aromatic nitrogens is 2. The molecule has 0 saturated carbocycles. The van der Waals surface area contributed by atoms with Crippen molar-refractivity contribution in [3.63, 3.8) is 0 Å². The molecular formula is C17H20FN3O2. The molecule has 0 unspecified atom stereocenters. The maximum Gasteiger partial charge on any atom is 0.274 e. The smallest absolute Gasteiger partial charge is 0.274 e. The lowest BCUT2D eigenvalue weighted by atomic mass is 10.0. The number of nitrogens with zero attached hydrogens (tertiary/aromatic N) is 3. The summed E-state index contributed by atoms with van der Waals surface area (Å²) in [5, 5.41) is 4.33. The van der Waals surface area contributed by atoms with E-state index in [0.29, 0.717) is 36.8 Å². The first kappa shape index (κ1) is 15.7. The second-order valence-electron chi connectivity index (χ2n) is 6.36. The van der Waals surface area contributed by atoms with Crippen molar-refractivity contribution in [2.75, 3.05) is 19.8 Å². The van der Waals surface area contributed by atoms with Crippen molar-refractivity contribution in [1.82, 2.24) is 14.7 Å². The molecule has 1 aliphatic heterocycles. The van der Waals surface area contributed by atoms with E-state index in [1.54, 1.807) is 36.1 Å². The van der Waals surface area contributed by atoms with E-state index in [2.05, 4.69) is 5.10 Å². The van der Waals surface area contributed by atoms with Crippen LogP contribution in [-0.2, 0) is 4.74 Å². The number of morpholine rings is 1. The fraction of sp³-hybridized carbons (Fsp3) is 0.412. The number of halogens is 1. The van der Waals surface area contributed by atoms with Gasteiger partial charge >= 0.3 is 0 Å². The fourth-order valence-electron chi connectivity index (χ4n) is 2.82. The summed E-state index contributed by atoms with van der Waals surface area (Å²) in [6.45, 7) is 7.27. The van der Waals surface area contributed by atoms with E-state index >= 15 is 0 Å². The van der Waals surface area contributed by atoms with Gasteiger partial charge in [-0.1, -0.05) is 12.1 Å². The monoisotopic (exact) mass is 317 g/mol. The van der Waals surface area contributed by atoms with Gasteiger partial charge in [-0.3, -0.25) is 4.79 Å². The lowest BCUT2D eigenvalue weighted by Crippen LogP contribution is -2.55. The van der Waals surface area contributed by atoms with Gasteiger partial charge in [0.15, 0.2) is 5.69 Å². The van der Waals surface area contributed by atoms with Crippen molar-refractivity contribution in [3.05, 3.63) is 47.5 Å². The van der Waals surface area contributed by atoms with Crippen molar-refractivity contribution in [1.29, 1.82) is 0 Å². The molecule has 3 rings (SSSR count). The molecular weight excluding hydrogens is 297 g/mol. The van der Waals surface area contributed by atoms with Crippen LogP contribution in [0, 0.1) is 12.7 Å². The van der Waals surface area contributed by atoms with Gasteiger partial charge in [0.05, 0.1) is 18.8 Å². The highest BCUT2D eigenvalue weighted by atomic mass is 19.1. The molecule has 2 aromatic rings. The average molecular weight is 317 g/mol. The normalized spacial score (nSPS) is 17.3. The van der Waals surface area contributed by atoms with Crippen LogP contribution in [0.5, 0.6) is 0 Å². The molecule has 1 aliphatic rings. The van der Waals surface area contributed by atoms with E-state index in [0.717, 1.165) is 0 Å². The lowest BCUT2D eigenvalue weighted by molar-refractivity contribution is -0.0373. The van der Waals surface area contributed by atoms with E-state index in [9.17, 15) is 9.18 Å². The number of hydrogen-bond acceptors (Lipinski definition) is 3.